The molecule has 1 fully saturated rings. The third kappa shape index (κ3) is 4.57. The standard InChI is InChI=1S/C25H25FN2O4S/c1-15-6-8-16(9-7-15)28-23(29)11-10-17(24(28)22-5-4-12-33-22)25(30)27-19-14-21(32-3)20(31-2)13-18(19)26/h4-9,12-14,17,24H,10-11H2,1-3H3,(H,27,30). The van der Waals surface area contributed by atoms with Crippen LogP contribution >= 0.6 is 11.3 Å². The van der Waals surface area contributed by atoms with Crippen molar-refractivity contribution < 1.29 is 23.5 Å². The fourth-order valence-corrected chi connectivity index (χ4v) is 5.02. The molecule has 1 N–H and O–H groups in total. The number of amides is 2. The summed E-state index contributed by atoms with van der Waals surface area (Å²) in [6, 6.07) is 13.6. The Balaban J connectivity index is 1.69. The van der Waals surface area contributed by atoms with Crippen molar-refractivity contribution in [3.8, 4) is 11.5 Å². The predicted octanol–water partition coefficient (Wildman–Crippen LogP) is 5.34. The van der Waals surface area contributed by atoms with Gasteiger partial charge in [0.05, 0.1) is 31.9 Å². The first-order valence-electron chi connectivity index (χ1n) is 10.6. The van der Waals surface area contributed by atoms with Gasteiger partial charge in [0.1, 0.15) is 0 Å². The smallest absolute Gasteiger partial charge is 0.230 e. The molecule has 2 atom stereocenters. The van der Waals surface area contributed by atoms with Crippen molar-refractivity contribution in [1.29, 1.82) is 0 Å². The third-order valence-electron chi connectivity index (χ3n) is 5.81. The highest BCUT2D eigenvalue weighted by atomic mass is 32.1. The van der Waals surface area contributed by atoms with Gasteiger partial charge in [-0.25, -0.2) is 4.39 Å². The molecule has 0 saturated carbocycles. The number of piperidine rings is 1. The van der Waals surface area contributed by atoms with Crippen molar-refractivity contribution in [2.24, 2.45) is 5.92 Å². The number of thiophene rings is 1. The van der Waals surface area contributed by atoms with E-state index in [1.54, 1.807) is 4.90 Å². The minimum absolute atomic E-state index is 0.00126. The molecule has 2 amide bonds. The SMILES string of the molecule is COc1cc(F)c(NC(=O)C2CCC(=O)N(c3ccc(C)cc3)C2c2cccs2)cc1OC. The summed E-state index contributed by atoms with van der Waals surface area (Å²) in [5, 5.41) is 4.63. The summed E-state index contributed by atoms with van der Waals surface area (Å²) in [6.07, 6.45) is 0.590. The summed E-state index contributed by atoms with van der Waals surface area (Å²) >= 11 is 1.49. The second-order valence-electron chi connectivity index (χ2n) is 7.88. The average molecular weight is 469 g/mol. The van der Waals surface area contributed by atoms with E-state index in [-0.39, 0.29) is 29.7 Å². The molecule has 2 aromatic carbocycles. The van der Waals surface area contributed by atoms with Crippen LogP contribution in [0.25, 0.3) is 0 Å². The molecule has 6 nitrogen and oxygen atoms in total. The van der Waals surface area contributed by atoms with Crippen molar-refractivity contribution in [1.82, 2.24) is 0 Å². The molecule has 1 aromatic heterocycles. The van der Waals surface area contributed by atoms with Crippen LogP contribution in [-0.2, 0) is 9.59 Å². The first-order valence-corrected chi connectivity index (χ1v) is 11.5. The summed E-state index contributed by atoms with van der Waals surface area (Å²) in [5.74, 6) is -1.05. The van der Waals surface area contributed by atoms with Crippen molar-refractivity contribution >= 4 is 34.5 Å². The molecule has 4 rings (SSSR count). The zero-order valence-corrected chi connectivity index (χ0v) is 19.4. The van der Waals surface area contributed by atoms with Crippen LogP contribution in [0.1, 0.15) is 29.3 Å². The van der Waals surface area contributed by atoms with Crippen LogP contribution in [-0.4, -0.2) is 26.0 Å². The van der Waals surface area contributed by atoms with E-state index < -0.39 is 17.8 Å². The van der Waals surface area contributed by atoms with E-state index >= 15 is 0 Å². The largest absolute Gasteiger partial charge is 0.493 e. The number of ether oxygens (including phenoxy) is 2. The highest BCUT2D eigenvalue weighted by Crippen LogP contribution is 2.42. The number of rotatable bonds is 6. The molecule has 1 aliphatic rings. The van der Waals surface area contributed by atoms with Gasteiger partial charge in [0.2, 0.25) is 11.8 Å². The molecule has 172 valence electrons. The van der Waals surface area contributed by atoms with Crippen LogP contribution < -0.4 is 19.7 Å². The van der Waals surface area contributed by atoms with Gasteiger partial charge < -0.3 is 19.7 Å². The minimum Gasteiger partial charge on any atom is -0.493 e. The van der Waals surface area contributed by atoms with Crippen molar-refractivity contribution in [2.45, 2.75) is 25.8 Å². The number of hydrogen-bond donors (Lipinski definition) is 1. The van der Waals surface area contributed by atoms with Gasteiger partial charge in [0.15, 0.2) is 17.3 Å². The van der Waals surface area contributed by atoms with E-state index in [0.717, 1.165) is 16.1 Å². The van der Waals surface area contributed by atoms with Crippen LogP contribution in [0.4, 0.5) is 15.8 Å². The number of aryl methyl sites for hydroxylation is 1. The summed E-state index contributed by atoms with van der Waals surface area (Å²) in [5.41, 5.74) is 1.81. The van der Waals surface area contributed by atoms with Crippen LogP contribution in [0.15, 0.2) is 53.9 Å². The second-order valence-corrected chi connectivity index (χ2v) is 8.86. The maximum atomic E-state index is 14.7. The van der Waals surface area contributed by atoms with Gasteiger partial charge in [-0.1, -0.05) is 23.8 Å². The highest BCUT2D eigenvalue weighted by molar-refractivity contribution is 7.10. The van der Waals surface area contributed by atoms with Gasteiger partial charge in [0, 0.05) is 29.1 Å². The summed E-state index contributed by atoms with van der Waals surface area (Å²) in [4.78, 5) is 29.1. The lowest BCUT2D eigenvalue weighted by Crippen LogP contribution is -2.46. The van der Waals surface area contributed by atoms with Crippen molar-refractivity contribution in [2.75, 3.05) is 24.4 Å². The second kappa shape index (κ2) is 9.62. The molecular formula is C25H25FN2O4S. The number of carbonyl (C=O) groups is 2. The molecule has 2 heterocycles. The average Bonchev–Trinajstić information content (AvgIpc) is 3.35. The fourth-order valence-electron chi connectivity index (χ4n) is 4.14. The molecule has 0 spiro atoms. The van der Waals surface area contributed by atoms with Crippen molar-refractivity contribution in [3.05, 3.63) is 70.2 Å². The molecule has 1 saturated heterocycles. The number of halogens is 1. The van der Waals surface area contributed by atoms with Gasteiger partial charge in [0.25, 0.3) is 0 Å². The van der Waals surface area contributed by atoms with Gasteiger partial charge in [-0.2, -0.15) is 0 Å². The van der Waals surface area contributed by atoms with Gasteiger partial charge in [-0.15, -0.1) is 11.3 Å². The summed E-state index contributed by atoms with van der Waals surface area (Å²) in [7, 11) is 2.86. The lowest BCUT2D eigenvalue weighted by Gasteiger charge is -2.40. The Morgan fingerprint density at radius 2 is 1.82 bits per heavy atom. The molecule has 33 heavy (non-hydrogen) atoms. The molecule has 3 aromatic rings. The molecule has 2 unspecified atom stereocenters. The quantitative estimate of drug-likeness (QED) is 0.531. The zero-order chi connectivity index (χ0) is 23.5. The normalized spacial score (nSPS) is 18.2. The van der Waals surface area contributed by atoms with E-state index in [1.807, 2.05) is 48.7 Å². The van der Waals surface area contributed by atoms with E-state index in [1.165, 1.54) is 37.7 Å². The molecule has 1 aliphatic heterocycles. The number of methoxy groups -OCH3 is 2. The highest BCUT2D eigenvalue weighted by Gasteiger charge is 2.42. The minimum atomic E-state index is -0.629. The van der Waals surface area contributed by atoms with Gasteiger partial charge >= 0.3 is 0 Å². The number of anilines is 2. The number of carbonyl (C=O) groups excluding carboxylic acids is 2. The molecule has 0 bridgehead atoms. The van der Waals surface area contributed by atoms with Crippen LogP contribution in [0, 0.1) is 18.7 Å². The molecule has 0 radical (unpaired) electrons. The Morgan fingerprint density at radius 1 is 1.12 bits per heavy atom. The third-order valence-corrected chi connectivity index (χ3v) is 6.75. The number of nitrogens with zero attached hydrogens (tertiary/aromatic N) is 1. The van der Waals surface area contributed by atoms with Gasteiger partial charge in [-0.3, -0.25) is 9.59 Å². The zero-order valence-electron chi connectivity index (χ0n) is 18.6. The Labute approximate surface area is 195 Å². The lowest BCUT2D eigenvalue weighted by atomic mass is 9.86. The Hall–Kier alpha value is -3.39. The Morgan fingerprint density at radius 3 is 2.45 bits per heavy atom. The fraction of sp³-hybridized carbons (Fsp3) is 0.280. The number of nitrogens with one attached hydrogen (secondary N) is 1. The van der Waals surface area contributed by atoms with E-state index in [0.29, 0.717) is 12.2 Å². The molecule has 8 heteroatoms. The maximum Gasteiger partial charge on any atom is 0.230 e. The van der Waals surface area contributed by atoms with Crippen molar-refractivity contribution in [3.63, 3.8) is 0 Å². The number of hydrogen-bond acceptors (Lipinski definition) is 5. The lowest BCUT2D eigenvalue weighted by molar-refractivity contribution is -0.125. The van der Waals surface area contributed by atoms with Crippen LogP contribution in [0.2, 0.25) is 0 Å². The molecule has 0 aliphatic carbocycles. The maximum absolute atomic E-state index is 14.7. The summed E-state index contributed by atoms with van der Waals surface area (Å²) in [6.45, 7) is 1.98. The topological polar surface area (TPSA) is 67.9 Å². The van der Waals surface area contributed by atoms with E-state index in [4.69, 9.17) is 9.47 Å². The van der Waals surface area contributed by atoms with Crippen LogP contribution in [0.3, 0.4) is 0 Å². The van der Waals surface area contributed by atoms with E-state index in [9.17, 15) is 14.0 Å². The van der Waals surface area contributed by atoms with Gasteiger partial charge in [-0.05, 0) is 36.9 Å². The van der Waals surface area contributed by atoms with E-state index in [2.05, 4.69) is 5.32 Å². The molecular weight excluding hydrogens is 443 g/mol. The summed E-state index contributed by atoms with van der Waals surface area (Å²) < 4.78 is 25.0. The first-order chi connectivity index (χ1) is 15.9. The predicted molar refractivity (Wildman–Crippen MR) is 127 cm³/mol. The number of benzene rings is 2. The van der Waals surface area contributed by atoms with Crippen LogP contribution in [0.5, 0.6) is 11.5 Å². The Kier molecular flexibility index (Phi) is 6.65. The first kappa shape index (κ1) is 22.8. The Bertz CT molecular complexity index is 1150. The monoisotopic (exact) mass is 468 g/mol.